The van der Waals surface area contributed by atoms with Crippen molar-refractivity contribution in [3.8, 4) is 11.5 Å². The number of halogens is 1. The third kappa shape index (κ3) is 2.23. The molecule has 1 N–H and O–H groups in total. The van der Waals surface area contributed by atoms with Crippen molar-refractivity contribution in [2.24, 2.45) is 0 Å². The lowest BCUT2D eigenvalue weighted by atomic mass is 10.2. The summed E-state index contributed by atoms with van der Waals surface area (Å²) >= 11 is 6.00. The van der Waals surface area contributed by atoms with Crippen LogP contribution in [0.3, 0.4) is 0 Å². The van der Waals surface area contributed by atoms with Crippen molar-refractivity contribution in [1.82, 2.24) is 4.98 Å². The first-order chi connectivity index (χ1) is 10.3. The number of nitrogens with one attached hydrogen (secondary N) is 1. The quantitative estimate of drug-likeness (QED) is 0.763. The van der Waals surface area contributed by atoms with Crippen molar-refractivity contribution in [1.29, 1.82) is 0 Å². The predicted molar refractivity (Wildman–Crippen MR) is 82.6 cm³/mol. The van der Waals surface area contributed by atoms with E-state index in [0.717, 1.165) is 33.8 Å². The molecule has 0 fully saturated rings. The van der Waals surface area contributed by atoms with Gasteiger partial charge in [-0.05, 0) is 36.4 Å². The lowest BCUT2D eigenvalue weighted by Crippen LogP contribution is -1.93. The molecule has 0 aliphatic carbocycles. The summed E-state index contributed by atoms with van der Waals surface area (Å²) < 4.78 is 10.7. The summed E-state index contributed by atoms with van der Waals surface area (Å²) in [4.78, 5) is 4.33. The van der Waals surface area contributed by atoms with Crippen molar-refractivity contribution in [3.63, 3.8) is 0 Å². The maximum Gasteiger partial charge on any atom is 0.231 e. The summed E-state index contributed by atoms with van der Waals surface area (Å²) in [7, 11) is 0. The van der Waals surface area contributed by atoms with Gasteiger partial charge >= 0.3 is 0 Å². The van der Waals surface area contributed by atoms with Crippen molar-refractivity contribution < 1.29 is 9.47 Å². The van der Waals surface area contributed by atoms with Crippen LogP contribution in [0.25, 0.3) is 10.9 Å². The van der Waals surface area contributed by atoms with E-state index in [-0.39, 0.29) is 6.79 Å². The Labute approximate surface area is 126 Å². The first-order valence-electron chi connectivity index (χ1n) is 6.50. The summed E-state index contributed by atoms with van der Waals surface area (Å²) in [6.07, 6.45) is 1.76. The monoisotopic (exact) mass is 298 g/mol. The van der Waals surface area contributed by atoms with Gasteiger partial charge in [-0.3, -0.25) is 4.98 Å². The Kier molecular flexibility index (Phi) is 2.82. The van der Waals surface area contributed by atoms with Crippen LogP contribution in [-0.4, -0.2) is 11.8 Å². The molecule has 104 valence electrons. The fourth-order valence-corrected chi connectivity index (χ4v) is 2.53. The summed E-state index contributed by atoms with van der Waals surface area (Å²) in [5, 5.41) is 5.07. The highest BCUT2D eigenvalue weighted by Crippen LogP contribution is 2.36. The molecule has 0 radical (unpaired) electrons. The second-order valence-corrected chi connectivity index (χ2v) is 5.15. The van der Waals surface area contributed by atoms with Crippen LogP contribution in [0, 0.1) is 0 Å². The first kappa shape index (κ1) is 12.3. The Balaban J connectivity index is 1.74. The van der Waals surface area contributed by atoms with Gasteiger partial charge in [0.25, 0.3) is 0 Å². The normalized spacial score (nSPS) is 12.6. The minimum absolute atomic E-state index is 0.273. The van der Waals surface area contributed by atoms with E-state index in [4.69, 9.17) is 21.1 Å². The number of fused-ring (bicyclic) bond motifs is 2. The highest BCUT2D eigenvalue weighted by atomic mass is 35.5. The van der Waals surface area contributed by atoms with Gasteiger partial charge in [0, 0.05) is 34.0 Å². The molecule has 0 spiro atoms. The van der Waals surface area contributed by atoms with Crippen LogP contribution < -0.4 is 14.8 Å². The van der Waals surface area contributed by atoms with Crippen LogP contribution in [0.2, 0.25) is 5.02 Å². The Bertz CT molecular complexity index is 836. The highest BCUT2D eigenvalue weighted by Gasteiger charge is 2.13. The van der Waals surface area contributed by atoms with Crippen molar-refractivity contribution in [2.75, 3.05) is 12.1 Å². The van der Waals surface area contributed by atoms with E-state index in [1.54, 1.807) is 6.20 Å². The summed E-state index contributed by atoms with van der Waals surface area (Å²) in [6.45, 7) is 0.273. The lowest BCUT2D eigenvalue weighted by molar-refractivity contribution is 0.174. The maximum absolute atomic E-state index is 6.00. The average Bonchev–Trinajstić information content (AvgIpc) is 2.95. The van der Waals surface area contributed by atoms with Crippen LogP contribution in [0.4, 0.5) is 11.4 Å². The molecule has 2 aromatic carbocycles. The molecular weight excluding hydrogens is 288 g/mol. The molecule has 5 heteroatoms. The molecule has 0 bridgehead atoms. The summed E-state index contributed by atoms with van der Waals surface area (Å²) in [6, 6.07) is 13.4. The van der Waals surface area contributed by atoms with Crippen LogP contribution in [0.1, 0.15) is 0 Å². The molecular formula is C16H11ClN2O2. The molecule has 21 heavy (non-hydrogen) atoms. The molecule has 2 heterocycles. The molecule has 0 saturated carbocycles. The third-order valence-corrected chi connectivity index (χ3v) is 3.59. The summed E-state index contributed by atoms with van der Waals surface area (Å²) in [5.74, 6) is 1.52. The molecule has 1 aromatic heterocycles. The third-order valence-electron chi connectivity index (χ3n) is 3.36. The van der Waals surface area contributed by atoms with E-state index in [1.807, 2.05) is 42.5 Å². The zero-order chi connectivity index (χ0) is 14.2. The maximum atomic E-state index is 6.00. The van der Waals surface area contributed by atoms with Crippen LogP contribution >= 0.6 is 11.6 Å². The fourth-order valence-electron chi connectivity index (χ4n) is 2.36. The highest BCUT2D eigenvalue weighted by molar-refractivity contribution is 6.31. The molecule has 3 aromatic rings. The molecule has 0 amide bonds. The SMILES string of the molecule is Clc1ccc2c(Nc3ccc4c(c3)OCO4)ccnc2c1. The first-order valence-corrected chi connectivity index (χ1v) is 6.88. The number of pyridine rings is 1. The number of hydrogen-bond acceptors (Lipinski definition) is 4. The number of benzene rings is 2. The topological polar surface area (TPSA) is 43.4 Å². The van der Waals surface area contributed by atoms with Crippen molar-refractivity contribution in [2.45, 2.75) is 0 Å². The molecule has 4 rings (SSSR count). The standard InChI is InChI=1S/C16H11ClN2O2/c17-10-1-3-12-13(5-6-18-14(12)7-10)19-11-2-4-15-16(8-11)21-9-20-15/h1-8H,9H2,(H,18,19). The Morgan fingerprint density at radius 2 is 1.90 bits per heavy atom. The van der Waals surface area contributed by atoms with Crippen LogP contribution in [0.15, 0.2) is 48.7 Å². The van der Waals surface area contributed by atoms with Gasteiger partial charge in [-0.15, -0.1) is 0 Å². The molecule has 0 saturated heterocycles. The average molecular weight is 299 g/mol. The van der Waals surface area contributed by atoms with Gasteiger partial charge in [-0.25, -0.2) is 0 Å². The Hall–Kier alpha value is -2.46. The van der Waals surface area contributed by atoms with E-state index >= 15 is 0 Å². The van der Waals surface area contributed by atoms with E-state index < -0.39 is 0 Å². The fraction of sp³-hybridized carbons (Fsp3) is 0.0625. The number of nitrogens with zero attached hydrogens (tertiary/aromatic N) is 1. The van der Waals surface area contributed by atoms with E-state index in [0.29, 0.717) is 5.02 Å². The lowest BCUT2D eigenvalue weighted by Gasteiger charge is -2.10. The van der Waals surface area contributed by atoms with Gasteiger partial charge < -0.3 is 14.8 Å². The van der Waals surface area contributed by atoms with Gasteiger partial charge in [-0.1, -0.05) is 11.6 Å². The zero-order valence-electron chi connectivity index (χ0n) is 11.0. The van der Waals surface area contributed by atoms with Crippen molar-refractivity contribution in [3.05, 3.63) is 53.7 Å². The van der Waals surface area contributed by atoms with Gasteiger partial charge in [-0.2, -0.15) is 0 Å². The number of anilines is 2. The number of ether oxygens (including phenoxy) is 2. The van der Waals surface area contributed by atoms with Gasteiger partial charge in [0.1, 0.15) is 0 Å². The second kappa shape index (κ2) is 4.82. The molecule has 0 atom stereocenters. The molecule has 1 aliphatic rings. The molecule has 1 aliphatic heterocycles. The number of aromatic nitrogens is 1. The van der Waals surface area contributed by atoms with Crippen molar-refractivity contribution >= 4 is 33.9 Å². The van der Waals surface area contributed by atoms with Gasteiger partial charge in [0.2, 0.25) is 6.79 Å². The largest absolute Gasteiger partial charge is 0.454 e. The number of rotatable bonds is 2. The Morgan fingerprint density at radius 1 is 1.00 bits per heavy atom. The minimum Gasteiger partial charge on any atom is -0.454 e. The van der Waals surface area contributed by atoms with Crippen LogP contribution in [0.5, 0.6) is 11.5 Å². The molecule has 4 nitrogen and oxygen atoms in total. The predicted octanol–water partition coefficient (Wildman–Crippen LogP) is 4.36. The van der Waals surface area contributed by atoms with Gasteiger partial charge in [0.15, 0.2) is 11.5 Å². The van der Waals surface area contributed by atoms with E-state index in [9.17, 15) is 0 Å². The van der Waals surface area contributed by atoms with Gasteiger partial charge in [0.05, 0.1) is 5.52 Å². The zero-order valence-corrected chi connectivity index (χ0v) is 11.7. The Morgan fingerprint density at radius 3 is 2.86 bits per heavy atom. The molecule has 0 unspecified atom stereocenters. The number of hydrogen-bond donors (Lipinski definition) is 1. The van der Waals surface area contributed by atoms with Crippen LogP contribution in [-0.2, 0) is 0 Å². The second-order valence-electron chi connectivity index (χ2n) is 4.71. The summed E-state index contributed by atoms with van der Waals surface area (Å²) in [5.41, 5.74) is 2.76. The van der Waals surface area contributed by atoms with E-state index in [2.05, 4.69) is 10.3 Å². The van der Waals surface area contributed by atoms with E-state index in [1.165, 1.54) is 0 Å². The smallest absolute Gasteiger partial charge is 0.231 e. The minimum atomic E-state index is 0.273.